The monoisotopic (exact) mass is 196 g/mol. The molecule has 0 aliphatic heterocycles. The first-order chi connectivity index (χ1) is 3.25. The van der Waals surface area contributed by atoms with Crippen LogP contribution < -0.4 is 0 Å². The average molecular weight is 198 g/mol. The first kappa shape index (κ1) is 9.08. The Morgan fingerprint density at radius 3 is 0.875 bits per heavy atom. The van der Waals surface area contributed by atoms with Crippen molar-refractivity contribution < 1.29 is 10.2 Å². The molecule has 48 valence electrons. The van der Waals surface area contributed by atoms with Gasteiger partial charge in [-0.1, -0.05) is 46.4 Å². The first-order valence-corrected chi connectivity index (χ1v) is 2.93. The highest BCUT2D eigenvalue weighted by atomic mass is 35.5. The lowest BCUT2D eigenvalue weighted by Gasteiger charge is -2.15. The number of rotatable bonds is 1. The average Bonchev–Trinajstić information content (AvgIpc) is 1.25. The van der Waals surface area contributed by atoms with E-state index in [1.54, 1.807) is 0 Å². The minimum absolute atomic E-state index is 2.89. The van der Waals surface area contributed by atoms with Crippen LogP contribution in [0.3, 0.4) is 0 Å². The van der Waals surface area contributed by atoms with Gasteiger partial charge in [-0.2, -0.15) is 10.2 Å². The zero-order valence-corrected chi connectivity index (χ0v) is 6.35. The Balaban J connectivity index is 4.02. The van der Waals surface area contributed by atoms with Gasteiger partial charge in [-0.3, -0.25) is 0 Å². The third kappa shape index (κ3) is 2.58. The van der Waals surface area contributed by atoms with E-state index < -0.39 is 9.04 Å². The summed E-state index contributed by atoms with van der Waals surface area (Å²) in [6, 6.07) is 0. The van der Waals surface area contributed by atoms with Crippen molar-refractivity contribution in [3.05, 3.63) is 0 Å². The fourth-order valence-corrected chi connectivity index (χ4v) is 0. The van der Waals surface area contributed by atoms with Crippen molar-refractivity contribution in [2.75, 3.05) is 0 Å². The summed E-state index contributed by atoms with van der Waals surface area (Å²) >= 11 is 18.6. The quantitative estimate of drug-likeness (QED) is 0.578. The summed E-state index contributed by atoms with van der Waals surface area (Å²) in [4.78, 5) is 0. The summed E-state index contributed by atoms with van der Waals surface area (Å²) in [6.07, 6.45) is 0. The van der Waals surface area contributed by atoms with E-state index >= 15 is 0 Å². The molecule has 2 radical (unpaired) electrons. The molecule has 0 aromatic rings. The number of alkyl halides is 4. The van der Waals surface area contributed by atoms with Crippen molar-refractivity contribution >= 4 is 46.4 Å². The summed E-state index contributed by atoms with van der Waals surface area (Å²) < 4.78 is -5.79. The standard InChI is InChI=1S/C2Cl4O2/c3-1(4,7)2(5,6)8. The zero-order valence-electron chi connectivity index (χ0n) is 3.33. The van der Waals surface area contributed by atoms with Gasteiger partial charge in [0.15, 0.2) is 0 Å². The van der Waals surface area contributed by atoms with Gasteiger partial charge in [0, 0.05) is 0 Å². The molecule has 0 atom stereocenters. The molecule has 6 heteroatoms. The fraction of sp³-hybridized carbons (Fsp3) is 1.00. The van der Waals surface area contributed by atoms with Gasteiger partial charge in [0.25, 0.3) is 0 Å². The Kier molecular flexibility index (Phi) is 2.69. The Labute approximate surface area is 65.9 Å². The van der Waals surface area contributed by atoms with E-state index in [9.17, 15) is 10.2 Å². The molecule has 0 spiro atoms. The van der Waals surface area contributed by atoms with Crippen LogP contribution in [0.4, 0.5) is 0 Å². The van der Waals surface area contributed by atoms with Crippen molar-refractivity contribution in [2.45, 2.75) is 9.04 Å². The van der Waals surface area contributed by atoms with Gasteiger partial charge in [0.1, 0.15) is 0 Å². The second kappa shape index (κ2) is 2.37. The second-order valence-electron chi connectivity index (χ2n) is 1.03. The number of halogens is 4. The Hall–Kier alpha value is 1.08. The topological polar surface area (TPSA) is 39.8 Å². The molecule has 8 heavy (non-hydrogen) atoms. The van der Waals surface area contributed by atoms with E-state index in [4.69, 9.17) is 0 Å². The SMILES string of the molecule is [O]C(Cl)(Cl)C([O])(Cl)Cl. The molecular formula is C2Cl4O2. The van der Waals surface area contributed by atoms with E-state index in [0.717, 1.165) is 0 Å². The van der Waals surface area contributed by atoms with E-state index in [-0.39, 0.29) is 0 Å². The lowest BCUT2D eigenvalue weighted by atomic mass is 10.7. The predicted molar refractivity (Wildman–Crippen MR) is 30.2 cm³/mol. The van der Waals surface area contributed by atoms with E-state index in [1.807, 2.05) is 0 Å². The van der Waals surface area contributed by atoms with E-state index in [2.05, 4.69) is 46.4 Å². The van der Waals surface area contributed by atoms with Crippen LogP contribution in [0, 0.1) is 0 Å². The summed E-state index contributed by atoms with van der Waals surface area (Å²) in [5.74, 6) is 0. The zero-order chi connectivity index (χ0) is 7.00. The summed E-state index contributed by atoms with van der Waals surface area (Å²) in [7, 11) is 0. The van der Waals surface area contributed by atoms with Crippen LogP contribution in [0.25, 0.3) is 0 Å². The molecule has 0 saturated heterocycles. The molecule has 0 aromatic heterocycles. The molecule has 0 amide bonds. The molecule has 0 aliphatic rings. The number of hydrogen-bond donors (Lipinski definition) is 0. The minimum Gasteiger partial charge on any atom is -0.187 e. The van der Waals surface area contributed by atoms with Crippen LogP contribution in [0.15, 0.2) is 0 Å². The van der Waals surface area contributed by atoms with Crippen LogP contribution in [-0.2, 0) is 10.2 Å². The van der Waals surface area contributed by atoms with Gasteiger partial charge < -0.3 is 0 Å². The Morgan fingerprint density at radius 1 is 0.750 bits per heavy atom. The number of hydrogen-bond acceptors (Lipinski definition) is 0. The predicted octanol–water partition coefficient (Wildman–Crippen LogP) is 2.11. The van der Waals surface area contributed by atoms with Crippen molar-refractivity contribution in [1.29, 1.82) is 0 Å². The largest absolute Gasteiger partial charge is 0.310 e. The summed E-state index contributed by atoms with van der Waals surface area (Å²) in [5.41, 5.74) is 0. The molecular weight excluding hydrogens is 198 g/mol. The molecule has 0 rings (SSSR count). The lowest BCUT2D eigenvalue weighted by molar-refractivity contribution is -0.0212. The molecule has 0 aliphatic carbocycles. The smallest absolute Gasteiger partial charge is 0.187 e. The van der Waals surface area contributed by atoms with Crippen LogP contribution in [0.5, 0.6) is 0 Å². The molecule has 0 bridgehead atoms. The van der Waals surface area contributed by atoms with Gasteiger partial charge in [0.05, 0.1) is 0 Å². The van der Waals surface area contributed by atoms with Gasteiger partial charge in [-0.05, 0) is 0 Å². The second-order valence-corrected chi connectivity index (χ2v) is 3.55. The van der Waals surface area contributed by atoms with E-state index in [1.165, 1.54) is 0 Å². The molecule has 0 aromatic carbocycles. The van der Waals surface area contributed by atoms with Gasteiger partial charge >= 0.3 is 9.04 Å². The van der Waals surface area contributed by atoms with Crippen molar-refractivity contribution in [1.82, 2.24) is 0 Å². The highest BCUT2D eigenvalue weighted by Crippen LogP contribution is 2.38. The maximum atomic E-state index is 10.1. The summed E-state index contributed by atoms with van der Waals surface area (Å²) in [5, 5.41) is 20.2. The van der Waals surface area contributed by atoms with E-state index in [0.29, 0.717) is 0 Å². The molecule has 0 fully saturated rings. The highest BCUT2D eigenvalue weighted by Gasteiger charge is 2.48. The van der Waals surface area contributed by atoms with Crippen LogP contribution in [-0.4, -0.2) is 9.04 Å². The third-order valence-corrected chi connectivity index (χ3v) is 1.79. The summed E-state index contributed by atoms with van der Waals surface area (Å²) in [6.45, 7) is 0. The van der Waals surface area contributed by atoms with Crippen molar-refractivity contribution in [2.24, 2.45) is 0 Å². The fourth-order valence-electron chi connectivity index (χ4n) is 0. The maximum absolute atomic E-state index is 10.1. The first-order valence-electron chi connectivity index (χ1n) is 1.41. The normalized spacial score (nSPS) is 14.2. The molecule has 0 saturated carbocycles. The van der Waals surface area contributed by atoms with Crippen molar-refractivity contribution in [3.63, 3.8) is 0 Å². The Morgan fingerprint density at radius 2 is 0.875 bits per heavy atom. The van der Waals surface area contributed by atoms with Gasteiger partial charge in [-0.25, -0.2) is 0 Å². The van der Waals surface area contributed by atoms with Crippen LogP contribution in [0.1, 0.15) is 0 Å². The molecule has 0 N–H and O–H groups in total. The molecule has 0 unspecified atom stereocenters. The van der Waals surface area contributed by atoms with Crippen LogP contribution >= 0.6 is 46.4 Å². The minimum atomic E-state index is -2.89. The van der Waals surface area contributed by atoms with Crippen molar-refractivity contribution in [3.8, 4) is 0 Å². The Bertz CT molecular complexity index is 67.0. The molecule has 2 nitrogen and oxygen atoms in total. The van der Waals surface area contributed by atoms with Gasteiger partial charge in [0.2, 0.25) is 0 Å². The lowest BCUT2D eigenvalue weighted by Crippen LogP contribution is -2.32. The van der Waals surface area contributed by atoms with Crippen LogP contribution in [0.2, 0.25) is 0 Å². The highest BCUT2D eigenvalue weighted by molar-refractivity contribution is 6.60. The third-order valence-electron chi connectivity index (χ3n) is 0.339. The molecule has 0 heterocycles. The maximum Gasteiger partial charge on any atom is 0.310 e. The van der Waals surface area contributed by atoms with Gasteiger partial charge in [-0.15, -0.1) is 0 Å².